The number of non-ortho nitro benzene ring substituents is 1. The monoisotopic (exact) mass is 734 g/mol. The van der Waals surface area contributed by atoms with Gasteiger partial charge >= 0.3 is 36.1 Å². The second kappa shape index (κ2) is 17.8. The molecule has 1 N–H and O–H groups in total. The zero-order valence-corrected chi connectivity index (χ0v) is 29.2. The molecule has 1 aliphatic heterocycles. The topological polar surface area (TPSA) is 241 Å². The zero-order valence-electron chi connectivity index (χ0n) is 29.2. The van der Waals surface area contributed by atoms with Crippen LogP contribution in [0.5, 0.6) is 11.5 Å². The van der Waals surface area contributed by atoms with E-state index in [0.717, 1.165) is 40.0 Å². The number of carbonyl (C=O) groups is 6. The Morgan fingerprint density at radius 2 is 1.46 bits per heavy atom. The lowest BCUT2D eigenvalue weighted by atomic mass is 9.97. The molecule has 1 heterocycles. The number of esters is 4. The van der Waals surface area contributed by atoms with Gasteiger partial charge in [0.2, 0.25) is 12.4 Å². The van der Waals surface area contributed by atoms with E-state index in [-0.39, 0.29) is 35.9 Å². The lowest BCUT2D eigenvalue weighted by Gasteiger charge is -2.43. The molecule has 3 rings (SSSR count). The first-order valence-corrected chi connectivity index (χ1v) is 15.5. The van der Waals surface area contributed by atoms with Crippen molar-refractivity contribution >= 4 is 41.8 Å². The van der Waals surface area contributed by atoms with Crippen molar-refractivity contribution in [1.82, 2.24) is 5.32 Å². The van der Waals surface area contributed by atoms with Gasteiger partial charge in [0.15, 0.2) is 18.3 Å². The number of carbonyl (C=O) groups excluding carboxylic acids is 6. The number of nitrogens with zero attached hydrogens (tertiary/aromatic N) is 1. The van der Waals surface area contributed by atoms with Gasteiger partial charge in [-0.1, -0.05) is 6.07 Å². The Balaban J connectivity index is 1.95. The summed E-state index contributed by atoms with van der Waals surface area (Å²) >= 11 is 0. The van der Waals surface area contributed by atoms with E-state index in [1.54, 1.807) is 20.8 Å². The number of alkyl carbamates (subject to hydrolysis) is 1. The number of nitro groups is 1. The van der Waals surface area contributed by atoms with Crippen LogP contribution in [0.2, 0.25) is 0 Å². The molecule has 0 aliphatic carbocycles. The molecule has 19 heteroatoms. The van der Waals surface area contributed by atoms with E-state index >= 15 is 0 Å². The SMILES string of the molecule is COC(=O)[C@H]1O[C@@H](Oc2ccc(COC(=O)Oc3ccc([N+](=O)[O-])cc3)cc2CNC(=O)OC(C)(C)C)[C@H](OC(C)=O)[C@@H](OC(C)=O)[C@@H]1OC(C)=O. The molecule has 0 spiro atoms. The van der Waals surface area contributed by atoms with Crippen molar-refractivity contribution in [3.63, 3.8) is 0 Å². The van der Waals surface area contributed by atoms with Gasteiger partial charge in [-0.2, -0.15) is 0 Å². The summed E-state index contributed by atoms with van der Waals surface area (Å²) in [6.45, 7) is 7.49. The second-order valence-corrected chi connectivity index (χ2v) is 12.0. The van der Waals surface area contributed by atoms with E-state index in [0.29, 0.717) is 5.56 Å². The lowest BCUT2D eigenvalue weighted by Crippen LogP contribution is -2.64. The first kappa shape index (κ1) is 40.4. The molecule has 0 unspecified atom stereocenters. The van der Waals surface area contributed by atoms with Crippen LogP contribution in [0, 0.1) is 10.1 Å². The molecule has 1 saturated heterocycles. The third-order valence-corrected chi connectivity index (χ3v) is 6.63. The van der Waals surface area contributed by atoms with Gasteiger partial charge in [0.1, 0.15) is 23.7 Å². The number of nitro benzene ring substituents is 1. The molecular weight excluding hydrogens is 696 g/mol. The number of rotatable bonds is 12. The van der Waals surface area contributed by atoms with Gasteiger partial charge in [0.05, 0.1) is 12.0 Å². The normalized spacial score (nSPS) is 19.6. The fraction of sp³-hybridized carbons (Fsp3) is 0.455. The number of benzene rings is 2. The quantitative estimate of drug-likeness (QED) is 0.108. The minimum Gasteiger partial charge on any atom is -0.467 e. The predicted octanol–water partition coefficient (Wildman–Crippen LogP) is 3.41. The van der Waals surface area contributed by atoms with E-state index in [9.17, 15) is 38.9 Å². The van der Waals surface area contributed by atoms with Crippen LogP contribution in [-0.4, -0.2) is 84.5 Å². The third-order valence-electron chi connectivity index (χ3n) is 6.63. The van der Waals surface area contributed by atoms with Gasteiger partial charge in [-0.15, -0.1) is 0 Å². The largest absolute Gasteiger partial charge is 0.514 e. The number of amides is 1. The fourth-order valence-corrected chi connectivity index (χ4v) is 4.66. The number of ether oxygens (including phenoxy) is 9. The van der Waals surface area contributed by atoms with Crippen LogP contribution < -0.4 is 14.8 Å². The molecule has 0 bridgehead atoms. The number of methoxy groups -OCH3 is 1. The van der Waals surface area contributed by atoms with Crippen molar-refractivity contribution in [2.75, 3.05) is 7.11 Å². The smallest absolute Gasteiger partial charge is 0.467 e. The van der Waals surface area contributed by atoms with Crippen molar-refractivity contribution in [1.29, 1.82) is 0 Å². The van der Waals surface area contributed by atoms with Crippen molar-refractivity contribution in [2.24, 2.45) is 0 Å². The standard InChI is InChI=1S/C33H38N2O17/c1-17(36)46-25-26(47-18(2)37)28(48-19(3)38)30(51-27(25)29(39)44-7)50-24-13-8-20(14-21(24)15-34-31(40)52-33(4,5)6)16-45-32(41)49-23-11-9-22(10-12-23)35(42)43/h8-14,25-28,30H,15-16H2,1-7H3,(H,34,40)/t25-,26-,27-,28+,30+/m0/s1. The van der Waals surface area contributed by atoms with Crippen molar-refractivity contribution in [3.8, 4) is 11.5 Å². The van der Waals surface area contributed by atoms with Crippen LogP contribution in [0.25, 0.3) is 0 Å². The van der Waals surface area contributed by atoms with E-state index in [4.69, 9.17) is 42.6 Å². The second-order valence-electron chi connectivity index (χ2n) is 12.0. The average Bonchev–Trinajstić information content (AvgIpc) is 3.04. The minimum absolute atomic E-state index is 0.00956. The Morgan fingerprint density at radius 3 is 2.02 bits per heavy atom. The van der Waals surface area contributed by atoms with Crippen LogP contribution in [0.15, 0.2) is 42.5 Å². The van der Waals surface area contributed by atoms with Crippen LogP contribution in [-0.2, 0) is 65.5 Å². The van der Waals surface area contributed by atoms with Gasteiger partial charge in [-0.25, -0.2) is 14.4 Å². The summed E-state index contributed by atoms with van der Waals surface area (Å²) in [5.41, 5.74) is -0.471. The Kier molecular flexibility index (Phi) is 13.8. The number of nitrogens with one attached hydrogen (secondary N) is 1. The van der Waals surface area contributed by atoms with Gasteiger partial charge in [0, 0.05) is 45.0 Å². The van der Waals surface area contributed by atoms with E-state index < -0.39 is 77.4 Å². The van der Waals surface area contributed by atoms with Gasteiger partial charge in [0.25, 0.3) is 5.69 Å². The maximum atomic E-state index is 12.8. The van der Waals surface area contributed by atoms with E-state index in [2.05, 4.69) is 5.32 Å². The first-order chi connectivity index (χ1) is 24.4. The third kappa shape index (κ3) is 12.1. The summed E-state index contributed by atoms with van der Waals surface area (Å²) in [6.07, 6.45) is -10.2. The molecule has 1 aliphatic rings. The number of hydrogen-bond acceptors (Lipinski definition) is 17. The van der Waals surface area contributed by atoms with Gasteiger partial charge < -0.3 is 47.9 Å². The molecule has 5 atom stereocenters. The van der Waals surface area contributed by atoms with Crippen LogP contribution in [0.3, 0.4) is 0 Å². The molecule has 2 aromatic carbocycles. The first-order valence-electron chi connectivity index (χ1n) is 15.5. The lowest BCUT2D eigenvalue weighted by molar-refractivity contribution is -0.384. The minimum atomic E-state index is -1.73. The Hall–Kier alpha value is -5.98. The van der Waals surface area contributed by atoms with E-state index in [1.165, 1.54) is 30.3 Å². The highest BCUT2D eigenvalue weighted by Gasteiger charge is 2.56. The van der Waals surface area contributed by atoms with Crippen LogP contribution >= 0.6 is 0 Å². The van der Waals surface area contributed by atoms with Gasteiger partial charge in [-0.05, 0) is 50.6 Å². The predicted molar refractivity (Wildman–Crippen MR) is 171 cm³/mol. The summed E-state index contributed by atoms with van der Waals surface area (Å²) in [5, 5.41) is 13.4. The molecule has 282 valence electrons. The van der Waals surface area contributed by atoms with Crippen molar-refractivity contribution in [3.05, 3.63) is 63.7 Å². The highest BCUT2D eigenvalue weighted by atomic mass is 16.7. The van der Waals surface area contributed by atoms with Crippen molar-refractivity contribution < 1.29 is 76.3 Å². The Bertz CT molecular complexity index is 1650. The Morgan fingerprint density at radius 1 is 0.865 bits per heavy atom. The molecule has 2 aromatic rings. The highest BCUT2D eigenvalue weighted by Crippen LogP contribution is 2.33. The summed E-state index contributed by atoms with van der Waals surface area (Å²) < 4.78 is 48.3. The van der Waals surface area contributed by atoms with Crippen LogP contribution in [0.4, 0.5) is 15.3 Å². The number of hydrogen-bond donors (Lipinski definition) is 1. The highest BCUT2D eigenvalue weighted by molar-refractivity contribution is 5.77. The molecule has 0 radical (unpaired) electrons. The molecule has 1 amide bonds. The van der Waals surface area contributed by atoms with E-state index in [1.807, 2.05) is 0 Å². The average molecular weight is 735 g/mol. The molecule has 0 saturated carbocycles. The fourth-order valence-electron chi connectivity index (χ4n) is 4.66. The van der Waals surface area contributed by atoms with Crippen LogP contribution in [0.1, 0.15) is 52.7 Å². The summed E-state index contributed by atoms with van der Waals surface area (Å²) in [6, 6.07) is 9.03. The zero-order chi connectivity index (χ0) is 38.7. The summed E-state index contributed by atoms with van der Waals surface area (Å²) in [7, 11) is 1.04. The maximum absolute atomic E-state index is 12.8. The molecule has 19 nitrogen and oxygen atoms in total. The van der Waals surface area contributed by atoms with Gasteiger partial charge in [-0.3, -0.25) is 24.5 Å². The summed E-state index contributed by atoms with van der Waals surface area (Å²) in [4.78, 5) is 84.3. The molecule has 52 heavy (non-hydrogen) atoms. The molecular formula is C33H38N2O17. The van der Waals surface area contributed by atoms with Crippen molar-refractivity contribution in [2.45, 2.75) is 91.0 Å². The summed E-state index contributed by atoms with van der Waals surface area (Å²) in [5.74, 6) is -3.72. The Labute approximate surface area is 296 Å². The molecule has 1 fully saturated rings. The molecule has 0 aromatic heterocycles. The maximum Gasteiger partial charge on any atom is 0.514 e.